The van der Waals surface area contributed by atoms with Gasteiger partial charge in [0.15, 0.2) is 0 Å². The molecule has 152 valence electrons. The van der Waals surface area contributed by atoms with Gasteiger partial charge in [-0.3, -0.25) is 9.88 Å². The van der Waals surface area contributed by atoms with Crippen LogP contribution in [-0.2, 0) is 13.0 Å². The van der Waals surface area contributed by atoms with E-state index in [1.54, 1.807) is 0 Å². The zero-order chi connectivity index (χ0) is 19.8. The summed E-state index contributed by atoms with van der Waals surface area (Å²) >= 11 is 6.59. The average Bonchev–Trinajstić information content (AvgIpc) is 3.16. The van der Waals surface area contributed by atoms with Gasteiger partial charge in [0.1, 0.15) is 11.3 Å². The van der Waals surface area contributed by atoms with Crippen molar-refractivity contribution in [1.82, 2.24) is 25.2 Å². The molecule has 1 unspecified atom stereocenters. The van der Waals surface area contributed by atoms with Crippen molar-refractivity contribution in [2.24, 2.45) is 0 Å². The van der Waals surface area contributed by atoms with Crippen LogP contribution in [0.4, 0.5) is 5.69 Å². The zero-order valence-corrected chi connectivity index (χ0v) is 17.5. The molecule has 2 aliphatic rings. The van der Waals surface area contributed by atoms with E-state index in [0.29, 0.717) is 6.04 Å². The molecule has 1 aromatic carbocycles. The molecule has 3 heterocycles. The Bertz CT molecular complexity index is 1010. The van der Waals surface area contributed by atoms with Gasteiger partial charge in [-0.1, -0.05) is 17.7 Å². The van der Waals surface area contributed by atoms with E-state index in [1.807, 2.05) is 24.4 Å². The van der Waals surface area contributed by atoms with E-state index in [9.17, 15) is 0 Å². The summed E-state index contributed by atoms with van der Waals surface area (Å²) in [6.07, 6.45) is 5.38. The summed E-state index contributed by atoms with van der Waals surface area (Å²) in [7, 11) is 2.17. The Morgan fingerprint density at radius 2 is 2.10 bits per heavy atom. The Labute approximate surface area is 176 Å². The third kappa shape index (κ3) is 3.61. The minimum Gasteiger partial charge on any atom is -0.366 e. The molecule has 1 aliphatic carbocycles. The van der Waals surface area contributed by atoms with Gasteiger partial charge in [-0.05, 0) is 50.1 Å². The van der Waals surface area contributed by atoms with E-state index in [1.165, 1.54) is 17.7 Å². The maximum absolute atomic E-state index is 6.59. The number of hydrogen-bond acceptors (Lipinski definition) is 5. The second-order valence-electron chi connectivity index (χ2n) is 8.08. The van der Waals surface area contributed by atoms with Crippen LogP contribution < -0.4 is 10.2 Å². The fourth-order valence-corrected chi connectivity index (χ4v) is 4.98. The number of rotatable bonds is 4. The maximum Gasteiger partial charge on any atom is 0.121 e. The molecular weight excluding hydrogens is 384 g/mol. The minimum atomic E-state index is 0.337. The molecule has 0 saturated carbocycles. The second-order valence-corrected chi connectivity index (χ2v) is 8.49. The summed E-state index contributed by atoms with van der Waals surface area (Å²) in [5.74, 6) is 0.976. The first-order valence-corrected chi connectivity index (χ1v) is 10.9. The van der Waals surface area contributed by atoms with Crippen molar-refractivity contribution in [3.05, 3.63) is 52.6 Å². The molecule has 3 aromatic rings. The maximum atomic E-state index is 6.59. The number of fused-ring (bicyclic) bond motifs is 2. The van der Waals surface area contributed by atoms with Crippen molar-refractivity contribution in [1.29, 1.82) is 0 Å². The molecule has 7 heteroatoms. The summed E-state index contributed by atoms with van der Waals surface area (Å²) in [6, 6.07) is 8.61. The molecule has 1 saturated heterocycles. The summed E-state index contributed by atoms with van der Waals surface area (Å²) in [4.78, 5) is 17.9. The van der Waals surface area contributed by atoms with Crippen LogP contribution in [0.15, 0.2) is 30.5 Å². The van der Waals surface area contributed by atoms with Gasteiger partial charge in [0.25, 0.3) is 0 Å². The molecule has 2 N–H and O–H groups in total. The van der Waals surface area contributed by atoms with Crippen LogP contribution in [0.3, 0.4) is 0 Å². The highest BCUT2D eigenvalue weighted by atomic mass is 35.5. The minimum absolute atomic E-state index is 0.337. The van der Waals surface area contributed by atoms with Gasteiger partial charge in [-0.2, -0.15) is 0 Å². The van der Waals surface area contributed by atoms with Crippen LogP contribution in [-0.4, -0.2) is 53.1 Å². The Kier molecular flexibility index (Phi) is 5.16. The number of H-pyrrole nitrogens is 1. The predicted molar refractivity (Wildman–Crippen MR) is 118 cm³/mol. The Morgan fingerprint density at radius 3 is 2.97 bits per heavy atom. The highest BCUT2D eigenvalue weighted by molar-refractivity contribution is 6.34. The molecule has 0 radical (unpaired) electrons. The lowest BCUT2D eigenvalue weighted by atomic mass is 9.91. The Balaban J connectivity index is 1.43. The third-order valence-electron chi connectivity index (χ3n) is 6.16. The first-order valence-electron chi connectivity index (χ1n) is 10.5. The highest BCUT2D eigenvalue weighted by Gasteiger charge is 2.26. The number of anilines is 1. The van der Waals surface area contributed by atoms with Crippen LogP contribution in [0, 0.1) is 0 Å². The molecule has 5 rings (SSSR count). The monoisotopic (exact) mass is 410 g/mol. The second kappa shape index (κ2) is 7.94. The van der Waals surface area contributed by atoms with Gasteiger partial charge in [0.2, 0.25) is 0 Å². The van der Waals surface area contributed by atoms with E-state index in [-0.39, 0.29) is 0 Å². The van der Waals surface area contributed by atoms with Crippen LogP contribution in [0.2, 0.25) is 5.02 Å². The van der Waals surface area contributed by atoms with Gasteiger partial charge < -0.3 is 15.2 Å². The van der Waals surface area contributed by atoms with Gasteiger partial charge in [0.05, 0.1) is 34.5 Å². The molecule has 1 atom stereocenters. The number of halogens is 1. The van der Waals surface area contributed by atoms with Crippen LogP contribution in [0.25, 0.3) is 11.0 Å². The number of aryl methyl sites for hydroxylation is 1. The number of imidazole rings is 1. The first-order chi connectivity index (χ1) is 14.2. The number of aromatic nitrogens is 3. The Hall–Kier alpha value is -2.15. The fourth-order valence-electron chi connectivity index (χ4n) is 4.71. The van der Waals surface area contributed by atoms with E-state index in [2.05, 4.69) is 33.2 Å². The summed E-state index contributed by atoms with van der Waals surface area (Å²) in [5, 5.41) is 4.18. The molecule has 0 bridgehead atoms. The van der Waals surface area contributed by atoms with Crippen molar-refractivity contribution in [2.75, 3.05) is 38.1 Å². The lowest BCUT2D eigenvalue weighted by Crippen LogP contribution is -2.43. The molecular formula is C22H27ClN6. The molecule has 0 amide bonds. The standard InChI is InChI=1S/C22H27ClN6/c1-28(18-6-2-4-15-5-3-9-25-20(15)18)14-19-26-17-8-7-16(23)22(21(17)27-19)29-12-10-24-11-13-29/h3,5,7-9,18,24H,2,4,6,10-14H2,1H3,(H,26,27). The normalized spacial score (nSPS) is 19.7. The van der Waals surface area contributed by atoms with E-state index in [0.717, 1.165) is 73.1 Å². The lowest BCUT2D eigenvalue weighted by molar-refractivity contribution is 0.204. The van der Waals surface area contributed by atoms with E-state index in [4.69, 9.17) is 21.6 Å². The lowest BCUT2D eigenvalue weighted by Gasteiger charge is -2.31. The van der Waals surface area contributed by atoms with Crippen molar-refractivity contribution in [3.8, 4) is 0 Å². The van der Waals surface area contributed by atoms with Gasteiger partial charge in [-0.15, -0.1) is 0 Å². The first kappa shape index (κ1) is 18.9. The number of nitrogens with one attached hydrogen (secondary N) is 2. The van der Waals surface area contributed by atoms with Crippen molar-refractivity contribution in [2.45, 2.75) is 31.8 Å². The third-order valence-corrected chi connectivity index (χ3v) is 6.46. The predicted octanol–water partition coefficient (Wildman–Crippen LogP) is 3.53. The number of aromatic amines is 1. The van der Waals surface area contributed by atoms with E-state index >= 15 is 0 Å². The van der Waals surface area contributed by atoms with Crippen molar-refractivity contribution < 1.29 is 0 Å². The number of piperazine rings is 1. The molecule has 2 aromatic heterocycles. The van der Waals surface area contributed by atoms with Gasteiger partial charge in [0, 0.05) is 32.4 Å². The Morgan fingerprint density at radius 1 is 1.24 bits per heavy atom. The van der Waals surface area contributed by atoms with Gasteiger partial charge in [-0.25, -0.2) is 4.98 Å². The average molecular weight is 411 g/mol. The highest BCUT2D eigenvalue weighted by Crippen LogP contribution is 2.35. The fraction of sp³-hybridized carbons (Fsp3) is 0.455. The molecule has 1 aliphatic heterocycles. The molecule has 1 fully saturated rings. The SMILES string of the molecule is CN(Cc1nc2c(N3CCNCC3)c(Cl)ccc2[nH]1)C1CCCc2cccnc21. The van der Waals surface area contributed by atoms with Gasteiger partial charge >= 0.3 is 0 Å². The largest absolute Gasteiger partial charge is 0.366 e. The smallest absolute Gasteiger partial charge is 0.121 e. The topological polar surface area (TPSA) is 60.1 Å². The summed E-state index contributed by atoms with van der Waals surface area (Å²) < 4.78 is 0. The summed E-state index contributed by atoms with van der Waals surface area (Å²) in [5.41, 5.74) is 5.69. The van der Waals surface area contributed by atoms with E-state index < -0.39 is 0 Å². The molecule has 6 nitrogen and oxygen atoms in total. The number of nitrogens with zero attached hydrogens (tertiary/aromatic N) is 4. The molecule has 29 heavy (non-hydrogen) atoms. The van der Waals surface area contributed by atoms with Crippen molar-refractivity contribution in [3.63, 3.8) is 0 Å². The number of pyridine rings is 1. The van der Waals surface area contributed by atoms with Crippen molar-refractivity contribution >= 4 is 28.3 Å². The molecule has 0 spiro atoms. The summed E-state index contributed by atoms with van der Waals surface area (Å²) in [6.45, 7) is 4.60. The van der Waals surface area contributed by atoms with Crippen LogP contribution >= 0.6 is 11.6 Å². The zero-order valence-electron chi connectivity index (χ0n) is 16.8. The van der Waals surface area contributed by atoms with Crippen LogP contribution in [0.1, 0.15) is 36.0 Å². The number of hydrogen-bond donors (Lipinski definition) is 2. The van der Waals surface area contributed by atoms with Crippen LogP contribution in [0.5, 0.6) is 0 Å². The quantitative estimate of drug-likeness (QED) is 0.689. The number of benzene rings is 1.